The molecule has 0 bridgehead atoms. The van der Waals surface area contributed by atoms with Crippen molar-refractivity contribution in [1.29, 1.82) is 0 Å². The molecular weight excluding hydrogens is 260 g/mol. The van der Waals surface area contributed by atoms with Gasteiger partial charge in [0.2, 0.25) is 0 Å². The highest BCUT2D eigenvalue weighted by molar-refractivity contribution is 5.31. The minimum atomic E-state index is 0.436. The van der Waals surface area contributed by atoms with Crippen LogP contribution < -0.4 is 10.1 Å². The average Bonchev–Trinajstić information content (AvgIpc) is 2.39. The zero-order valence-corrected chi connectivity index (χ0v) is 13.6. The molecule has 2 saturated carbocycles. The number of methoxy groups -OCH3 is 1. The zero-order chi connectivity index (χ0) is 14.9. The van der Waals surface area contributed by atoms with Crippen LogP contribution in [0.1, 0.15) is 43.6 Å². The van der Waals surface area contributed by atoms with Crippen molar-refractivity contribution in [3.8, 4) is 5.75 Å². The van der Waals surface area contributed by atoms with Crippen LogP contribution in [0.4, 0.5) is 0 Å². The van der Waals surface area contributed by atoms with E-state index in [0.29, 0.717) is 11.6 Å². The Balaban J connectivity index is 1.45. The quantitative estimate of drug-likeness (QED) is 0.871. The number of nitrogens with zero attached hydrogens (tertiary/aromatic N) is 1. The fourth-order valence-corrected chi connectivity index (χ4v) is 3.63. The summed E-state index contributed by atoms with van der Waals surface area (Å²) in [4.78, 5) is 2.42. The maximum Gasteiger partial charge on any atom is 0.118 e. The molecule has 0 amide bonds. The number of rotatable bonds is 6. The van der Waals surface area contributed by atoms with Gasteiger partial charge in [0.05, 0.1) is 7.11 Å². The molecule has 0 spiro atoms. The lowest BCUT2D eigenvalue weighted by atomic mass is 9.73. The Morgan fingerprint density at radius 1 is 1.19 bits per heavy atom. The van der Waals surface area contributed by atoms with Crippen molar-refractivity contribution in [3.63, 3.8) is 0 Å². The third-order valence-electron chi connectivity index (χ3n) is 5.68. The van der Waals surface area contributed by atoms with E-state index in [0.717, 1.165) is 18.2 Å². The van der Waals surface area contributed by atoms with E-state index in [1.165, 1.54) is 37.7 Å². The number of benzene rings is 1. The van der Waals surface area contributed by atoms with E-state index < -0.39 is 0 Å². The number of likely N-dealkylation sites (N-methyl/N-ethyl adjacent to an activating group) is 1. The van der Waals surface area contributed by atoms with Gasteiger partial charge in [-0.2, -0.15) is 0 Å². The van der Waals surface area contributed by atoms with Gasteiger partial charge in [0.15, 0.2) is 0 Å². The van der Waals surface area contributed by atoms with Crippen LogP contribution in [0.15, 0.2) is 24.3 Å². The third-order valence-corrected chi connectivity index (χ3v) is 5.68. The van der Waals surface area contributed by atoms with E-state index >= 15 is 0 Å². The van der Waals surface area contributed by atoms with Gasteiger partial charge in [0.25, 0.3) is 0 Å². The molecule has 116 valence electrons. The smallest absolute Gasteiger partial charge is 0.118 e. The number of nitrogens with one attached hydrogen (secondary N) is 1. The molecule has 1 aromatic carbocycles. The highest BCUT2D eigenvalue weighted by atomic mass is 16.5. The van der Waals surface area contributed by atoms with Crippen LogP contribution in [-0.4, -0.2) is 44.2 Å². The van der Waals surface area contributed by atoms with Crippen molar-refractivity contribution in [2.24, 2.45) is 0 Å². The van der Waals surface area contributed by atoms with Crippen molar-refractivity contribution in [1.82, 2.24) is 10.2 Å². The summed E-state index contributed by atoms with van der Waals surface area (Å²) in [5.74, 6) is 1.68. The van der Waals surface area contributed by atoms with Crippen LogP contribution in [0.3, 0.4) is 0 Å². The van der Waals surface area contributed by atoms with Crippen molar-refractivity contribution < 1.29 is 4.74 Å². The standard InChI is InChI=1S/C18H28N2O/c1-20(2)18(9-4-10-18)13-19-16-11-15(12-16)14-5-7-17(21-3)8-6-14/h5-8,15-16,19H,4,9-13H2,1-3H3. The van der Waals surface area contributed by atoms with Crippen molar-refractivity contribution in [2.75, 3.05) is 27.7 Å². The Kier molecular flexibility index (Phi) is 4.23. The maximum absolute atomic E-state index is 5.22. The van der Waals surface area contributed by atoms with E-state index in [1.807, 2.05) is 0 Å². The second-order valence-electron chi connectivity index (χ2n) is 6.99. The molecule has 0 aliphatic heterocycles. The summed E-state index contributed by atoms with van der Waals surface area (Å²) < 4.78 is 5.22. The molecule has 3 rings (SSSR count). The fourth-order valence-electron chi connectivity index (χ4n) is 3.63. The molecular formula is C18H28N2O. The van der Waals surface area contributed by atoms with E-state index in [9.17, 15) is 0 Å². The van der Waals surface area contributed by atoms with Crippen LogP contribution in [-0.2, 0) is 0 Å². The largest absolute Gasteiger partial charge is 0.497 e. The zero-order valence-electron chi connectivity index (χ0n) is 13.6. The summed E-state index contributed by atoms with van der Waals surface area (Å²) in [6.45, 7) is 1.15. The molecule has 1 N–H and O–H groups in total. The summed E-state index contributed by atoms with van der Waals surface area (Å²) in [6.07, 6.45) is 6.63. The van der Waals surface area contributed by atoms with Crippen LogP contribution >= 0.6 is 0 Å². The second kappa shape index (κ2) is 5.98. The molecule has 2 fully saturated rings. The lowest BCUT2D eigenvalue weighted by Crippen LogP contribution is -2.58. The van der Waals surface area contributed by atoms with Gasteiger partial charge < -0.3 is 15.0 Å². The first-order valence-corrected chi connectivity index (χ1v) is 8.18. The van der Waals surface area contributed by atoms with Gasteiger partial charge in [-0.1, -0.05) is 12.1 Å². The highest BCUT2D eigenvalue weighted by Gasteiger charge is 2.40. The van der Waals surface area contributed by atoms with E-state index in [4.69, 9.17) is 4.74 Å². The van der Waals surface area contributed by atoms with Gasteiger partial charge in [-0.25, -0.2) is 0 Å². The lowest BCUT2D eigenvalue weighted by Gasteiger charge is -2.49. The van der Waals surface area contributed by atoms with Gasteiger partial charge in [-0.3, -0.25) is 0 Å². The van der Waals surface area contributed by atoms with E-state index in [-0.39, 0.29) is 0 Å². The Labute approximate surface area is 128 Å². The normalized spacial score (nSPS) is 27.0. The van der Waals surface area contributed by atoms with Crippen molar-refractivity contribution >= 4 is 0 Å². The van der Waals surface area contributed by atoms with Crippen LogP contribution in [0, 0.1) is 0 Å². The van der Waals surface area contributed by atoms with E-state index in [1.54, 1.807) is 7.11 Å². The first kappa shape index (κ1) is 14.9. The topological polar surface area (TPSA) is 24.5 Å². The van der Waals surface area contributed by atoms with Gasteiger partial charge >= 0.3 is 0 Å². The Bertz CT molecular complexity index is 459. The molecule has 21 heavy (non-hydrogen) atoms. The van der Waals surface area contributed by atoms with Crippen LogP contribution in [0.5, 0.6) is 5.75 Å². The second-order valence-corrected chi connectivity index (χ2v) is 6.99. The predicted octanol–water partition coefficient (Wildman–Crippen LogP) is 3.02. The molecule has 0 heterocycles. The molecule has 0 aromatic heterocycles. The molecule has 0 unspecified atom stereocenters. The minimum Gasteiger partial charge on any atom is -0.497 e. The number of hydrogen-bond donors (Lipinski definition) is 1. The Morgan fingerprint density at radius 2 is 1.86 bits per heavy atom. The first-order chi connectivity index (χ1) is 10.1. The van der Waals surface area contributed by atoms with Crippen molar-refractivity contribution in [2.45, 2.75) is 49.6 Å². The van der Waals surface area contributed by atoms with Crippen LogP contribution in [0.25, 0.3) is 0 Å². The summed E-state index contributed by atoms with van der Waals surface area (Å²) >= 11 is 0. The number of hydrogen-bond acceptors (Lipinski definition) is 3. The Morgan fingerprint density at radius 3 is 2.33 bits per heavy atom. The first-order valence-electron chi connectivity index (χ1n) is 8.18. The predicted molar refractivity (Wildman–Crippen MR) is 87.0 cm³/mol. The van der Waals surface area contributed by atoms with Gasteiger partial charge in [0.1, 0.15) is 5.75 Å². The molecule has 0 atom stereocenters. The number of ether oxygens (including phenoxy) is 1. The SMILES string of the molecule is COc1ccc(C2CC(NCC3(N(C)C)CCC3)C2)cc1. The average molecular weight is 288 g/mol. The fraction of sp³-hybridized carbons (Fsp3) is 0.667. The summed E-state index contributed by atoms with van der Waals surface area (Å²) in [7, 11) is 6.17. The van der Waals surface area contributed by atoms with Crippen molar-refractivity contribution in [3.05, 3.63) is 29.8 Å². The molecule has 0 radical (unpaired) electrons. The molecule has 3 heteroatoms. The van der Waals surface area contributed by atoms with Gasteiger partial charge in [0, 0.05) is 18.1 Å². The summed E-state index contributed by atoms with van der Waals surface area (Å²) in [6, 6.07) is 9.28. The van der Waals surface area contributed by atoms with Crippen LogP contribution in [0.2, 0.25) is 0 Å². The molecule has 2 aliphatic rings. The summed E-state index contributed by atoms with van der Waals surface area (Å²) in [5, 5.41) is 3.80. The molecule has 0 saturated heterocycles. The monoisotopic (exact) mass is 288 g/mol. The molecule has 3 nitrogen and oxygen atoms in total. The Hall–Kier alpha value is -1.06. The lowest BCUT2D eigenvalue weighted by molar-refractivity contribution is 0.0524. The summed E-state index contributed by atoms with van der Waals surface area (Å²) in [5.41, 5.74) is 1.89. The van der Waals surface area contributed by atoms with Gasteiger partial charge in [-0.05, 0) is 69.8 Å². The molecule has 2 aliphatic carbocycles. The molecule has 1 aromatic rings. The van der Waals surface area contributed by atoms with E-state index in [2.05, 4.69) is 48.6 Å². The maximum atomic E-state index is 5.22. The minimum absolute atomic E-state index is 0.436. The third kappa shape index (κ3) is 2.95. The highest BCUT2D eigenvalue weighted by Crippen LogP contribution is 2.39. The van der Waals surface area contributed by atoms with Gasteiger partial charge in [-0.15, -0.1) is 0 Å².